The predicted octanol–water partition coefficient (Wildman–Crippen LogP) is 1.70. The highest BCUT2D eigenvalue weighted by atomic mass is 32.1. The molecule has 1 atom stereocenters. The van der Waals surface area contributed by atoms with E-state index >= 15 is 0 Å². The number of carboxylic acids is 1. The van der Waals surface area contributed by atoms with Gasteiger partial charge in [-0.3, -0.25) is 9.69 Å². The maximum Gasteiger partial charge on any atom is 0.320 e. The minimum atomic E-state index is -0.876. The number of nitrogens with zero attached hydrogens (tertiary/aromatic N) is 3. The molecule has 2 rings (SSSR count). The van der Waals surface area contributed by atoms with Crippen LogP contribution in [0.3, 0.4) is 0 Å². The van der Waals surface area contributed by atoms with Gasteiger partial charge in [0.2, 0.25) is 0 Å². The Balaban J connectivity index is 2.05. The first-order valence-corrected chi connectivity index (χ1v) is 6.30. The normalized spacial score (nSPS) is 12.8. The van der Waals surface area contributed by atoms with Gasteiger partial charge in [0.25, 0.3) is 5.89 Å². The van der Waals surface area contributed by atoms with Crippen molar-refractivity contribution in [3.63, 3.8) is 0 Å². The fourth-order valence-electron chi connectivity index (χ4n) is 1.37. The Bertz CT molecular complexity index is 523. The molecule has 0 aromatic carbocycles. The minimum Gasteiger partial charge on any atom is -0.480 e. The van der Waals surface area contributed by atoms with Crippen molar-refractivity contribution in [2.45, 2.75) is 19.5 Å². The first-order valence-electron chi connectivity index (χ1n) is 5.36. The number of hydrogen-bond donors (Lipinski definition) is 1. The van der Waals surface area contributed by atoms with Crippen molar-refractivity contribution >= 4 is 17.3 Å². The van der Waals surface area contributed by atoms with Crippen LogP contribution < -0.4 is 0 Å². The Kier molecular flexibility index (Phi) is 3.73. The van der Waals surface area contributed by atoms with E-state index in [2.05, 4.69) is 10.1 Å². The maximum atomic E-state index is 10.8. The smallest absolute Gasteiger partial charge is 0.320 e. The van der Waals surface area contributed by atoms with E-state index in [0.717, 1.165) is 5.56 Å². The molecular formula is C11H13N3O3S. The van der Waals surface area contributed by atoms with Gasteiger partial charge < -0.3 is 9.63 Å². The van der Waals surface area contributed by atoms with Crippen LogP contribution >= 0.6 is 11.3 Å². The zero-order valence-electron chi connectivity index (χ0n) is 10.0. The monoisotopic (exact) mass is 267 g/mol. The highest BCUT2D eigenvalue weighted by molar-refractivity contribution is 7.08. The zero-order chi connectivity index (χ0) is 13.1. The Labute approximate surface area is 108 Å². The number of likely N-dealkylation sites (N-methyl/N-ethyl adjacent to an activating group) is 1. The number of hydrogen-bond acceptors (Lipinski definition) is 6. The lowest BCUT2D eigenvalue weighted by atomic mass is 10.3. The van der Waals surface area contributed by atoms with Crippen molar-refractivity contribution in [2.24, 2.45) is 0 Å². The molecule has 96 valence electrons. The quantitative estimate of drug-likeness (QED) is 0.888. The van der Waals surface area contributed by atoms with Crippen LogP contribution in [0.4, 0.5) is 0 Å². The van der Waals surface area contributed by atoms with E-state index in [4.69, 9.17) is 9.63 Å². The molecule has 0 bridgehead atoms. The van der Waals surface area contributed by atoms with E-state index in [1.54, 1.807) is 30.2 Å². The van der Waals surface area contributed by atoms with Crippen LogP contribution in [-0.4, -0.2) is 39.2 Å². The van der Waals surface area contributed by atoms with E-state index in [1.807, 2.05) is 16.8 Å². The molecule has 0 aliphatic carbocycles. The van der Waals surface area contributed by atoms with E-state index in [1.165, 1.54) is 0 Å². The number of aliphatic carboxylic acids is 1. The molecule has 0 amide bonds. The van der Waals surface area contributed by atoms with E-state index in [-0.39, 0.29) is 0 Å². The van der Waals surface area contributed by atoms with Crippen molar-refractivity contribution in [3.05, 3.63) is 22.7 Å². The molecule has 18 heavy (non-hydrogen) atoms. The third-order valence-corrected chi connectivity index (χ3v) is 3.33. The lowest BCUT2D eigenvalue weighted by Gasteiger charge is -2.18. The average molecular weight is 267 g/mol. The third-order valence-electron chi connectivity index (χ3n) is 2.65. The number of carboxylic acid groups (broad SMARTS) is 1. The van der Waals surface area contributed by atoms with E-state index in [0.29, 0.717) is 18.3 Å². The largest absolute Gasteiger partial charge is 0.480 e. The third kappa shape index (κ3) is 2.74. The van der Waals surface area contributed by atoms with Crippen LogP contribution in [0.25, 0.3) is 11.5 Å². The first kappa shape index (κ1) is 12.7. The van der Waals surface area contributed by atoms with Gasteiger partial charge in [0.15, 0.2) is 5.82 Å². The number of carbonyl (C=O) groups is 1. The molecule has 0 fully saturated rings. The summed E-state index contributed by atoms with van der Waals surface area (Å²) >= 11 is 1.55. The summed E-state index contributed by atoms with van der Waals surface area (Å²) in [5, 5.41) is 16.6. The highest BCUT2D eigenvalue weighted by Crippen LogP contribution is 2.20. The van der Waals surface area contributed by atoms with Gasteiger partial charge in [0, 0.05) is 5.38 Å². The molecule has 0 spiro atoms. The molecule has 0 aliphatic heterocycles. The Morgan fingerprint density at radius 1 is 1.67 bits per heavy atom. The van der Waals surface area contributed by atoms with Crippen LogP contribution in [0.1, 0.15) is 12.7 Å². The summed E-state index contributed by atoms with van der Waals surface area (Å²) in [7, 11) is 1.71. The first-order chi connectivity index (χ1) is 8.58. The summed E-state index contributed by atoms with van der Waals surface area (Å²) < 4.78 is 5.12. The van der Waals surface area contributed by atoms with Crippen LogP contribution in [0.2, 0.25) is 0 Å². The SMILES string of the molecule is CC(C(=O)O)N(C)Cc1noc(-c2ccsc2)n1. The summed E-state index contributed by atoms with van der Waals surface area (Å²) in [4.78, 5) is 16.7. The van der Waals surface area contributed by atoms with E-state index in [9.17, 15) is 4.79 Å². The number of rotatable bonds is 5. The van der Waals surface area contributed by atoms with Gasteiger partial charge in [-0.2, -0.15) is 16.3 Å². The van der Waals surface area contributed by atoms with Crippen LogP contribution in [0.15, 0.2) is 21.3 Å². The summed E-state index contributed by atoms with van der Waals surface area (Å²) in [5.74, 6) is 0.0634. The molecule has 2 aromatic heterocycles. The molecule has 0 saturated carbocycles. The van der Waals surface area contributed by atoms with Crippen molar-refractivity contribution in [1.29, 1.82) is 0 Å². The van der Waals surface area contributed by atoms with Crippen molar-refractivity contribution in [2.75, 3.05) is 7.05 Å². The summed E-state index contributed by atoms with van der Waals surface area (Å²) in [6.07, 6.45) is 0. The summed E-state index contributed by atoms with van der Waals surface area (Å²) in [6, 6.07) is 1.30. The summed E-state index contributed by atoms with van der Waals surface area (Å²) in [5.41, 5.74) is 0.882. The van der Waals surface area contributed by atoms with Gasteiger partial charge in [0.1, 0.15) is 6.04 Å². The van der Waals surface area contributed by atoms with Crippen LogP contribution in [-0.2, 0) is 11.3 Å². The Morgan fingerprint density at radius 2 is 2.44 bits per heavy atom. The van der Waals surface area contributed by atoms with Crippen LogP contribution in [0, 0.1) is 0 Å². The molecule has 1 unspecified atom stereocenters. The van der Waals surface area contributed by atoms with Crippen molar-refractivity contribution < 1.29 is 14.4 Å². The molecule has 7 heteroatoms. The molecular weight excluding hydrogens is 254 g/mol. The molecule has 2 aromatic rings. The van der Waals surface area contributed by atoms with E-state index < -0.39 is 12.0 Å². The van der Waals surface area contributed by atoms with Gasteiger partial charge in [-0.15, -0.1) is 0 Å². The topological polar surface area (TPSA) is 79.5 Å². The molecule has 2 heterocycles. The average Bonchev–Trinajstić information content (AvgIpc) is 2.96. The molecule has 1 N–H and O–H groups in total. The van der Waals surface area contributed by atoms with Crippen LogP contribution in [0.5, 0.6) is 0 Å². The fourth-order valence-corrected chi connectivity index (χ4v) is 2.00. The molecule has 0 radical (unpaired) electrons. The molecule has 0 saturated heterocycles. The molecule has 6 nitrogen and oxygen atoms in total. The Hall–Kier alpha value is -1.73. The second kappa shape index (κ2) is 5.28. The zero-order valence-corrected chi connectivity index (χ0v) is 10.8. The van der Waals surface area contributed by atoms with Gasteiger partial charge in [-0.1, -0.05) is 5.16 Å². The second-order valence-corrected chi connectivity index (χ2v) is 4.74. The van der Waals surface area contributed by atoms with Gasteiger partial charge in [-0.25, -0.2) is 0 Å². The fraction of sp³-hybridized carbons (Fsp3) is 0.364. The highest BCUT2D eigenvalue weighted by Gasteiger charge is 2.19. The maximum absolute atomic E-state index is 10.8. The lowest BCUT2D eigenvalue weighted by molar-refractivity contribution is -0.142. The van der Waals surface area contributed by atoms with Gasteiger partial charge in [-0.05, 0) is 25.4 Å². The lowest BCUT2D eigenvalue weighted by Crippen LogP contribution is -2.35. The number of thiophene rings is 1. The van der Waals surface area contributed by atoms with Crippen molar-refractivity contribution in [1.82, 2.24) is 15.0 Å². The van der Waals surface area contributed by atoms with Gasteiger partial charge >= 0.3 is 5.97 Å². The number of aromatic nitrogens is 2. The predicted molar refractivity (Wildman–Crippen MR) is 66.2 cm³/mol. The molecule has 0 aliphatic rings. The minimum absolute atomic E-state index is 0.334. The van der Waals surface area contributed by atoms with Gasteiger partial charge in [0.05, 0.1) is 12.1 Å². The second-order valence-electron chi connectivity index (χ2n) is 3.96. The summed E-state index contributed by atoms with van der Waals surface area (Å²) in [6.45, 7) is 1.95. The Morgan fingerprint density at radius 3 is 3.06 bits per heavy atom. The van der Waals surface area contributed by atoms with Crippen molar-refractivity contribution in [3.8, 4) is 11.5 Å². The standard InChI is InChI=1S/C11H13N3O3S/c1-7(11(15)16)14(2)5-9-12-10(17-13-9)8-3-4-18-6-8/h3-4,6-7H,5H2,1-2H3,(H,15,16).